The van der Waals surface area contributed by atoms with E-state index in [1.54, 1.807) is 0 Å². The highest BCUT2D eigenvalue weighted by atomic mass is 16.5. The van der Waals surface area contributed by atoms with Crippen molar-refractivity contribution in [3.8, 4) is 11.4 Å². The van der Waals surface area contributed by atoms with Crippen molar-refractivity contribution in [2.24, 2.45) is 11.3 Å². The molecule has 1 aromatic heterocycles. The molecule has 4 aliphatic rings. The Labute approximate surface area is 186 Å². The second kappa shape index (κ2) is 7.25. The van der Waals surface area contributed by atoms with Crippen LogP contribution in [-0.2, 0) is 27.3 Å². The number of ether oxygens (including phenoxy) is 1. The van der Waals surface area contributed by atoms with E-state index < -0.39 is 0 Å². The molecular weight excluding hydrogens is 406 g/mol. The molecule has 2 fully saturated rings. The Morgan fingerprint density at radius 2 is 2.06 bits per heavy atom. The molecule has 1 amide bonds. The second-order valence-corrected chi connectivity index (χ2v) is 9.89. The third-order valence-electron chi connectivity index (χ3n) is 7.92. The highest BCUT2D eigenvalue weighted by molar-refractivity contribution is 5.91. The number of aryl methyl sites for hydroxylation is 1. The maximum absolute atomic E-state index is 13.4. The molecule has 1 spiro atoms. The number of rotatable bonds is 4. The fourth-order valence-electron chi connectivity index (χ4n) is 6.24. The molecule has 0 radical (unpaired) electrons. The number of likely N-dealkylation sites (tertiary alicyclic amines) is 1. The lowest BCUT2D eigenvalue weighted by atomic mass is 9.68. The monoisotopic (exact) mass is 433 g/mol. The van der Waals surface area contributed by atoms with E-state index >= 15 is 0 Å². The quantitative estimate of drug-likeness (QED) is 0.588. The van der Waals surface area contributed by atoms with Crippen molar-refractivity contribution in [2.45, 2.75) is 64.5 Å². The molecule has 1 aromatic carbocycles. The lowest BCUT2D eigenvalue weighted by Crippen LogP contribution is -2.38. The molecule has 0 N–H and O–H groups in total. The smallest absolute Gasteiger partial charge is 0.333 e. The van der Waals surface area contributed by atoms with Crippen LogP contribution in [0.3, 0.4) is 0 Å². The molecule has 3 aliphatic heterocycles. The average molecular weight is 434 g/mol. The minimum absolute atomic E-state index is 0.130. The van der Waals surface area contributed by atoms with Gasteiger partial charge in [-0.1, -0.05) is 18.2 Å². The van der Waals surface area contributed by atoms with Crippen molar-refractivity contribution in [3.63, 3.8) is 0 Å². The second-order valence-electron chi connectivity index (χ2n) is 9.89. The van der Waals surface area contributed by atoms with Gasteiger partial charge in [0.25, 0.3) is 0 Å². The zero-order valence-corrected chi connectivity index (χ0v) is 18.3. The van der Waals surface area contributed by atoms with Gasteiger partial charge in [0.15, 0.2) is 5.82 Å². The number of esters is 1. The molecule has 0 bridgehead atoms. The van der Waals surface area contributed by atoms with Gasteiger partial charge in [-0.25, -0.2) is 9.48 Å². The molecule has 0 unspecified atom stereocenters. The van der Waals surface area contributed by atoms with Gasteiger partial charge < -0.3 is 9.64 Å². The van der Waals surface area contributed by atoms with Crippen LogP contribution in [0.4, 0.5) is 0 Å². The maximum atomic E-state index is 13.4. The van der Waals surface area contributed by atoms with Gasteiger partial charge in [-0.15, -0.1) is 5.10 Å². The summed E-state index contributed by atoms with van der Waals surface area (Å²) < 4.78 is 6.89. The van der Waals surface area contributed by atoms with E-state index in [4.69, 9.17) is 4.74 Å². The van der Waals surface area contributed by atoms with Crippen molar-refractivity contribution in [1.29, 1.82) is 0 Å². The van der Waals surface area contributed by atoms with Crippen molar-refractivity contribution in [2.75, 3.05) is 6.61 Å². The standard InChI is InChI=1S/C24H27N5O3/c1-15-12-24(23(31)29(15)19-11-21(30)32-14-19)8-6-16(7-9-24)2-3-17-4-5-20-18(10-17)13-28-22(20)25-26-27-28/h4-5,10-11,15-16H,2-3,6-9,12-14H2,1H3/t15-,16?,24?/m0/s1. The number of fused-ring (bicyclic) bond motifs is 3. The number of nitrogens with zero attached hydrogens (tertiary/aromatic N) is 5. The van der Waals surface area contributed by atoms with E-state index in [-0.39, 0.29) is 29.9 Å². The predicted octanol–water partition coefficient (Wildman–Crippen LogP) is 2.87. The molecule has 4 heterocycles. The summed E-state index contributed by atoms with van der Waals surface area (Å²) in [5.41, 5.74) is 4.25. The molecule has 1 saturated carbocycles. The number of cyclic esters (lactones) is 1. The molecule has 6 rings (SSSR count). The van der Waals surface area contributed by atoms with Gasteiger partial charge in [-0.2, -0.15) is 0 Å². The van der Waals surface area contributed by atoms with Crippen LogP contribution in [0.25, 0.3) is 11.4 Å². The summed E-state index contributed by atoms with van der Waals surface area (Å²) in [4.78, 5) is 26.7. The zero-order valence-electron chi connectivity index (χ0n) is 18.3. The summed E-state index contributed by atoms with van der Waals surface area (Å²) in [7, 11) is 0. The molecule has 8 nitrogen and oxygen atoms in total. The SMILES string of the molecule is C[C@H]1CC2(CCC(CCc3ccc4c(c3)Cn3nnnc3-4)CC2)C(=O)N1C1=CC(=O)OC1. The van der Waals surface area contributed by atoms with Gasteiger partial charge >= 0.3 is 5.97 Å². The zero-order chi connectivity index (χ0) is 21.9. The summed E-state index contributed by atoms with van der Waals surface area (Å²) in [6.07, 6.45) is 8.66. The van der Waals surface area contributed by atoms with Crippen LogP contribution in [-0.4, -0.2) is 49.6 Å². The molecule has 2 aromatic rings. The molecule has 1 saturated heterocycles. The van der Waals surface area contributed by atoms with Gasteiger partial charge in [0, 0.05) is 17.7 Å². The predicted molar refractivity (Wildman–Crippen MR) is 115 cm³/mol. The van der Waals surface area contributed by atoms with E-state index in [0.29, 0.717) is 5.92 Å². The van der Waals surface area contributed by atoms with Gasteiger partial charge in [-0.05, 0) is 79.3 Å². The number of hydrogen-bond acceptors (Lipinski definition) is 6. The number of amides is 1. The summed E-state index contributed by atoms with van der Waals surface area (Å²) in [6.45, 7) is 3.07. The molecule has 32 heavy (non-hydrogen) atoms. The number of hydrogen-bond donors (Lipinski definition) is 0. The van der Waals surface area contributed by atoms with Crippen LogP contribution in [0.2, 0.25) is 0 Å². The van der Waals surface area contributed by atoms with Crippen molar-refractivity contribution < 1.29 is 14.3 Å². The van der Waals surface area contributed by atoms with E-state index in [2.05, 4.69) is 40.6 Å². The van der Waals surface area contributed by atoms with E-state index in [1.807, 2.05) is 9.58 Å². The number of aromatic nitrogens is 4. The van der Waals surface area contributed by atoms with Crippen LogP contribution in [0, 0.1) is 11.3 Å². The highest BCUT2D eigenvalue weighted by Gasteiger charge is 2.52. The third-order valence-corrected chi connectivity index (χ3v) is 7.92. The van der Waals surface area contributed by atoms with Gasteiger partial charge in [0.2, 0.25) is 5.91 Å². The van der Waals surface area contributed by atoms with E-state index in [9.17, 15) is 9.59 Å². The minimum atomic E-state index is -0.339. The first-order valence-electron chi connectivity index (χ1n) is 11.6. The van der Waals surface area contributed by atoms with Crippen LogP contribution in [0.5, 0.6) is 0 Å². The van der Waals surface area contributed by atoms with Gasteiger partial charge in [0.1, 0.15) is 6.61 Å². The minimum Gasteiger partial charge on any atom is -0.456 e. The van der Waals surface area contributed by atoms with Crippen molar-refractivity contribution in [1.82, 2.24) is 25.1 Å². The van der Waals surface area contributed by atoms with Crippen LogP contribution in [0.15, 0.2) is 30.0 Å². The molecule has 1 atom stereocenters. The van der Waals surface area contributed by atoms with E-state index in [0.717, 1.165) is 68.6 Å². The number of tetrazole rings is 1. The van der Waals surface area contributed by atoms with Gasteiger partial charge in [0.05, 0.1) is 17.7 Å². The topological polar surface area (TPSA) is 90.2 Å². The first-order chi connectivity index (χ1) is 15.5. The van der Waals surface area contributed by atoms with Crippen LogP contribution >= 0.6 is 0 Å². The summed E-state index contributed by atoms with van der Waals surface area (Å²) >= 11 is 0. The van der Waals surface area contributed by atoms with Crippen molar-refractivity contribution >= 4 is 11.9 Å². The number of benzene rings is 1. The normalized spacial score (nSPS) is 28.8. The van der Waals surface area contributed by atoms with Crippen LogP contribution < -0.4 is 0 Å². The first kappa shape index (κ1) is 19.6. The Hall–Kier alpha value is -3.03. The number of carbonyl (C=O) groups excluding carboxylic acids is 2. The van der Waals surface area contributed by atoms with Crippen molar-refractivity contribution in [3.05, 3.63) is 41.1 Å². The molecule has 1 aliphatic carbocycles. The van der Waals surface area contributed by atoms with Crippen LogP contribution in [0.1, 0.15) is 56.6 Å². The van der Waals surface area contributed by atoms with E-state index in [1.165, 1.54) is 17.2 Å². The molecule has 8 heteroatoms. The number of carbonyl (C=O) groups is 2. The summed E-state index contributed by atoms with van der Waals surface area (Å²) in [5, 5.41) is 11.9. The largest absolute Gasteiger partial charge is 0.456 e. The van der Waals surface area contributed by atoms with Gasteiger partial charge in [-0.3, -0.25) is 4.79 Å². The summed E-state index contributed by atoms with van der Waals surface area (Å²) in [6, 6.07) is 6.77. The lowest BCUT2D eigenvalue weighted by Gasteiger charge is -2.35. The molecule has 166 valence electrons. The summed E-state index contributed by atoms with van der Waals surface area (Å²) in [5.74, 6) is 1.38. The highest BCUT2D eigenvalue weighted by Crippen LogP contribution is 2.50. The maximum Gasteiger partial charge on any atom is 0.333 e. The lowest BCUT2D eigenvalue weighted by molar-refractivity contribution is -0.138. The first-order valence-corrected chi connectivity index (χ1v) is 11.6. The fraction of sp³-hybridized carbons (Fsp3) is 0.542. The molecular formula is C24H27N5O3. The average Bonchev–Trinajstić information content (AvgIpc) is 3.52. The third kappa shape index (κ3) is 3.07. The Bertz CT molecular complexity index is 1130. The Balaban J connectivity index is 1.07. The Morgan fingerprint density at radius 3 is 2.84 bits per heavy atom. The Kier molecular flexibility index (Phi) is 4.45. The Morgan fingerprint density at radius 1 is 1.22 bits per heavy atom. The fourth-order valence-corrected chi connectivity index (χ4v) is 6.24.